The van der Waals surface area contributed by atoms with Crippen molar-refractivity contribution in [2.45, 2.75) is 31.7 Å². The van der Waals surface area contributed by atoms with Gasteiger partial charge < -0.3 is 14.4 Å². The van der Waals surface area contributed by atoms with Crippen molar-refractivity contribution in [3.05, 3.63) is 54.1 Å². The lowest BCUT2D eigenvalue weighted by Crippen LogP contribution is -2.46. The number of rotatable bonds is 3. The quantitative estimate of drug-likeness (QED) is 0.836. The van der Waals surface area contributed by atoms with E-state index in [1.54, 1.807) is 17.0 Å². The van der Waals surface area contributed by atoms with Crippen LogP contribution in [0.25, 0.3) is 0 Å². The standard InChI is InChI=1S/C21H26N4O2/c1-23-13-10-22-18(23)19(26)25-11-8-21(9-12-25)15-17(24(2)20(21)27)14-16-6-4-3-5-7-16/h3-7,10,13,17H,8-9,11-12,14-15H2,1-2H3. The first-order valence-electron chi connectivity index (χ1n) is 9.58. The molecule has 0 bridgehead atoms. The van der Waals surface area contributed by atoms with E-state index < -0.39 is 0 Å². The Morgan fingerprint density at radius 1 is 1.19 bits per heavy atom. The molecule has 6 nitrogen and oxygen atoms in total. The maximum Gasteiger partial charge on any atom is 0.289 e. The Balaban J connectivity index is 1.43. The van der Waals surface area contributed by atoms with Crippen molar-refractivity contribution in [1.82, 2.24) is 19.4 Å². The van der Waals surface area contributed by atoms with E-state index >= 15 is 0 Å². The molecule has 2 amide bonds. The van der Waals surface area contributed by atoms with Crippen LogP contribution in [0, 0.1) is 5.41 Å². The topological polar surface area (TPSA) is 58.4 Å². The summed E-state index contributed by atoms with van der Waals surface area (Å²) < 4.78 is 1.75. The monoisotopic (exact) mass is 366 g/mol. The summed E-state index contributed by atoms with van der Waals surface area (Å²) in [4.78, 5) is 33.7. The van der Waals surface area contributed by atoms with Crippen molar-refractivity contribution in [3.63, 3.8) is 0 Å². The molecule has 6 heteroatoms. The highest BCUT2D eigenvalue weighted by molar-refractivity contribution is 5.91. The zero-order valence-corrected chi connectivity index (χ0v) is 16.0. The number of carbonyl (C=O) groups is 2. The number of carbonyl (C=O) groups excluding carboxylic acids is 2. The van der Waals surface area contributed by atoms with Gasteiger partial charge in [0.1, 0.15) is 0 Å². The van der Waals surface area contributed by atoms with E-state index in [0.717, 1.165) is 25.7 Å². The number of piperidine rings is 1. The summed E-state index contributed by atoms with van der Waals surface area (Å²) in [5.74, 6) is 0.660. The normalized spacial score (nSPS) is 21.9. The Hall–Kier alpha value is -2.63. The first-order valence-corrected chi connectivity index (χ1v) is 9.58. The Morgan fingerprint density at radius 3 is 2.52 bits per heavy atom. The molecule has 0 N–H and O–H groups in total. The molecule has 2 aromatic rings. The van der Waals surface area contributed by atoms with Crippen molar-refractivity contribution in [2.75, 3.05) is 20.1 Å². The molecule has 27 heavy (non-hydrogen) atoms. The first kappa shape index (κ1) is 17.8. The molecule has 2 fully saturated rings. The van der Waals surface area contributed by atoms with E-state index in [4.69, 9.17) is 0 Å². The molecule has 142 valence electrons. The number of benzene rings is 1. The van der Waals surface area contributed by atoms with Crippen molar-refractivity contribution in [1.29, 1.82) is 0 Å². The fourth-order valence-corrected chi connectivity index (χ4v) is 4.58. The highest BCUT2D eigenvalue weighted by atomic mass is 16.2. The Bertz CT molecular complexity index is 837. The Kier molecular flexibility index (Phi) is 4.50. The van der Waals surface area contributed by atoms with Gasteiger partial charge in [0.25, 0.3) is 5.91 Å². The molecule has 3 heterocycles. The van der Waals surface area contributed by atoms with Crippen LogP contribution in [-0.4, -0.2) is 57.3 Å². The second-order valence-corrected chi connectivity index (χ2v) is 7.90. The lowest BCUT2D eigenvalue weighted by atomic mass is 9.75. The zero-order chi connectivity index (χ0) is 19.0. The average molecular weight is 366 g/mol. The maximum absolute atomic E-state index is 13.0. The molecule has 1 aromatic carbocycles. The van der Waals surface area contributed by atoms with Crippen LogP contribution in [0.5, 0.6) is 0 Å². The molecule has 1 aromatic heterocycles. The smallest absolute Gasteiger partial charge is 0.289 e. The number of hydrogen-bond acceptors (Lipinski definition) is 3. The van der Waals surface area contributed by atoms with E-state index in [9.17, 15) is 9.59 Å². The predicted molar refractivity (Wildman–Crippen MR) is 102 cm³/mol. The van der Waals surface area contributed by atoms with E-state index in [-0.39, 0.29) is 23.3 Å². The minimum atomic E-state index is -0.313. The molecule has 0 radical (unpaired) electrons. The van der Waals surface area contributed by atoms with E-state index in [2.05, 4.69) is 17.1 Å². The van der Waals surface area contributed by atoms with Crippen LogP contribution in [-0.2, 0) is 18.3 Å². The highest BCUT2D eigenvalue weighted by Gasteiger charge is 2.51. The molecule has 0 aliphatic carbocycles. The minimum absolute atomic E-state index is 0.0445. The summed E-state index contributed by atoms with van der Waals surface area (Å²) in [6, 6.07) is 10.6. The van der Waals surface area contributed by atoms with Crippen LogP contribution in [0.15, 0.2) is 42.7 Å². The van der Waals surface area contributed by atoms with Gasteiger partial charge in [-0.3, -0.25) is 9.59 Å². The van der Waals surface area contributed by atoms with Crippen LogP contribution in [0.4, 0.5) is 0 Å². The lowest BCUT2D eigenvalue weighted by molar-refractivity contribution is -0.137. The molecule has 1 atom stereocenters. The molecular weight excluding hydrogens is 340 g/mol. The van der Waals surface area contributed by atoms with Gasteiger partial charge in [-0.05, 0) is 31.2 Å². The van der Waals surface area contributed by atoms with Gasteiger partial charge in [0.15, 0.2) is 5.82 Å². The second kappa shape index (κ2) is 6.83. The molecular formula is C21H26N4O2. The Labute approximate surface area is 159 Å². The third-order valence-corrected chi connectivity index (χ3v) is 6.28. The average Bonchev–Trinajstić information content (AvgIpc) is 3.21. The van der Waals surface area contributed by atoms with Crippen molar-refractivity contribution < 1.29 is 9.59 Å². The maximum atomic E-state index is 13.0. The fourth-order valence-electron chi connectivity index (χ4n) is 4.58. The Morgan fingerprint density at radius 2 is 1.89 bits per heavy atom. The number of hydrogen-bond donors (Lipinski definition) is 0. The predicted octanol–water partition coefficient (Wildman–Crippen LogP) is 2.12. The van der Waals surface area contributed by atoms with Crippen molar-refractivity contribution in [2.24, 2.45) is 12.5 Å². The molecule has 0 saturated carbocycles. The molecule has 2 saturated heterocycles. The molecule has 2 aliphatic heterocycles. The van der Waals surface area contributed by atoms with Crippen LogP contribution in [0.3, 0.4) is 0 Å². The minimum Gasteiger partial charge on any atom is -0.342 e. The highest BCUT2D eigenvalue weighted by Crippen LogP contribution is 2.44. The van der Waals surface area contributed by atoms with Gasteiger partial charge in [-0.25, -0.2) is 4.98 Å². The summed E-state index contributed by atoms with van der Waals surface area (Å²) in [5, 5.41) is 0. The second-order valence-electron chi connectivity index (χ2n) is 7.90. The lowest BCUT2D eigenvalue weighted by Gasteiger charge is -2.37. The molecule has 1 unspecified atom stereocenters. The molecule has 4 rings (SSSR count). The van der Waals surface area contributed by atoms with Gasteiger partial charge >= 0.3 is 0 Å². The summed E-state index contributed by atoms with van der Waals surface area (Å²) in [7, 11) is 3.76. The van der Waals surface area contributed by atoms with Gasteiger partial charge in [-0.2, -0.15) is 0 Å². The summed E-state index contributed by atoms with van der Waals surface area (Å²) in [6.45, 7) is 1.23. The number of aryl methyl sites for hydroxylation is 1. The van der Waals surface area contributed by atoms with Crippen molar-refractivity contribution in [3.8, 4) is 0 Å². The van der Waals surface area contributed by atoms with Gasteiger partial charge in [0.2, 0.25) is 5.91 Å². The van der Waals surface area contributed by atoms with Crippen LogP contribution in [0.2, 0.25) is 0 Å². The number of likely N-dealkylation sites (N-methyl/N-ethyl adjacent to an activating group) is 1. The van der Waals surface area contributed by atoms with Crippen LogP contribution in [0.1, 0.15) is 35.4 Å². The summed E-state index contributed by atoms with van der Waals surface area (Å²) in [6.07, 6.45) is 6.66. The third-order valence-electron chi connectivity index (χ3n) is 6.28. The van der Waals surface area contributed by atoms with Gasteiger partial charge in [-0.15, -0.1) is 0 Å². The van der Waals surface area contributed by atoms with Crippen LogP contribution < -0.4 is 0 Å². The number of likely N-dealkylation sites (tertiary alicyclic amines) is 2. The van der Waals surface area contributed by atoms with Crippen LogP contribution >= 0.6 is 0 Å². The number of amides is 2. The summed E-state index contributed by atoms with van der Waals surface area (Å²) in [5.41, 5.74) is 0.952. The fraction of sp³-hybridized carbons (Fsp3) is 0.476. The molecule has 2 aliphatic rings. The van der Waals surface area contributed by atoms with Crippen molar-refractivity contribution >= 4 is 11.8 Å². The van der Waals surface area contributed by atoms with Gasteiger partial charge in [0.05, 0.1) is 5.41 Å². The number of imidazole rings is 1. The first-order chi connectivity index (χ1) is 13.0. The summed E-state index contributed by atoms with van der Waals surface area (Å²) >= 11 is 0. The van der Waals surface area contributed by atoms with Gasteiger partial charge in [0, 0.05) is 45.6 Å². The molecule has 1 spiro atoms. The third kappa shape index (κ3) is 3.13. The van der Waals surface area contributed by atoms with E-state index in [1.165, 1.54) is 5.56 Å². The SMILES string of the molecule is CN1C(=O)C2(CCN(C(=O)c3nccn3C)CC2)CC1Cc1ccccc1. The van der Waals surface area contributed by atoms with Gasteiger partial charge in [-0.1, -0.05) is 30.3 Å². The zero-order valence-electron chi connectivity index (χ0n) is 16.0. The van der Waals surface area contributed by atoms with E-state index in [0.29, 0.717) is 18.9 Å². The number of nitrogens with zero attached hydrogens (tertiary/aromatic N) is 4. The number of aromatic nitrogens is 2. The van der Waals surface area contributed by atoms with E-state index in [1.807, 2.05) is 42.1 Å². The largest absolute Gasteiger partial charge is 0.342 e.